The van der Waals surface area contributed by atoms with Crippen molar-refractivity contribution < 1.29 is 4.74 Å². The van der Waals surface area contributed by atoms with Gasteiger partial charge in [-0.1, -0.05) is 12.1 Å². The summed E-state index contributed by atoms with van der Waals surface area (Å²) >= 11 is 1.87. The normalized spacial score (nSPS) is 18.9. The smallest absolute Gasteiger partial charge is 0.133 e. The van der Waals surface area contributed by atoms with Crippen LogP contribution in [0.1, 0.15) is 11.4 Å². The zero-order valence-corrected chi connectivity index (χ0v) is 13.5. The molecule has 5 heteroatoms. The van der Waals surface area contributed by atoms with Crippen LogP contribution < -0.4 is 10.1 Å². The van der Waals surface area contributed by atoms with Gasteiger partial charge in [0.05, 0.1) is 11.7 Å². The molecule has 1 aromatic heterocycles. The van der Waals surface area contributed by atoms with Gasteiger partial charge in [-0.25, -0.2) is 0 Å². The lowest BCUT2D eigenvalue weighted by atomic mass is 10.1. The molecule has 2 heterocycles. The van der Waals surface area contributed by atoms with Crippen molar-refractivity contribution in [3.63, 3.8) is 0 Å². The highest BCUT2D eigenvalue weighted by molar-refractivity contribution is 7.99. The highest BCUT2D eigenvalue weighted by Gasteiger charge is 2.28. The van der Waals surface area contributed by atoms with Crippen LogP contribution in [0.25, 0.3) is 0 Å². The van der Waals surface area contributed by atoms with Gasteiger partial charge in [0, 0.05) is 29.8 Å². The topological polar surface area (TPSA) is 39.1 Å². The fraction of sp³-hybridized carbons (Fsp3) is 0.438. The molecule has 2 unspecified atom stereocenters. The van der Waals surface area contributed by atoms with E-state index in [-0.39, 0.29) is 12.1 Å². The summed E-state index contributed by atoms with van der Waals surface area (Å²) in [5.41, 5.74) is 2.30. The summed E-state index contributed by atoms with van der Waals surface area (Å²) < 4.78 is 8.15. The number of fused-ring (bicyclic) bond motifs is 1. The quantitative estimate of drug-likeness (QED) is 0.941. The summed E-state index contributed by atoms with van der Waals surface area (Å²) in [5, 5.41) is 7.83. The van der Waals surface area contributed by atoms with Crippen LogP contribution in [-0.2, 0) is 13.5 Å². The maximum absolute atomic E-state index is 6.19. The van der Waals surface area contributed by atoms with E-state index < -0.39 is 0 Å². The Kier molecular flexibility index (Phi) is 4.22. The number of thioether (sulfide) groups is 1. The number of benzene rings is 1. The Balaban J connectivity index is 1.74. The second-order valence-electron chi connectivity index (χ2n) is 5.41. The highest BCUT2D eigenvalue weighted by atomic mass is 32.2. The van der Waals surface area contributed by atoms with Crippen LogP contribution in [0, 0.1) is 6.92 Å². The molecule has 0 bridgehead atoms. The van der Waals surface area contributed by atoms with Crippen LogP contribution in [0.15, 0.2) is 35.2 Å². The van der Waals surface area contributed by atoms with Crippen LogP contribution in [-0.4, -0.2) is 34.7 Å². The Morgan fingerprint density at radius 1 is 1.48 bits per heavy atom. The fourth-order valence-electron chi connectivity index (χ4n) is 2.73. The summed E-state index contributed by atoms with van der Waals surface area (Å²) in [6.45, 7) is 2.03. The number of nitrogens with zero attached hydrogens (tertiary/aromatic N) is 2. The van der Waals surface area contributed by atoms with Crippen molar-refractivity contribution in [3.8, 4) is 5.75 Å². The van der Waals surface area contributed by atoms with Gasteiger partial charge in [-0.3, -0.25) is 4.68 Å². The van der Waals surface area contributed by atoms with E-state index in [2.05, 4.69) is 34.7 Å². The molecule has 21 heavy (non-hydrogen) atoms. The van der Waals surface area contributed by atoms with Gasteiger partial charge in [0.25, 0.3) is 0 Å². The maximum atomic E-state index is 6.19. The van der Waals surface area contributed by atoms with Gasteiger partial charge in [0.15, 0.2) is 0 Å². The number of hydrogen-bond donors (Lipinski definition) is 1. The van der Waals surface area contributed by atoms with E-state index in [4.69, 9.17) is 4.74 Å². The average molecular weight is 303 g/mol. The van der Waals surface area contributed by atoms with Crippen molar-refractivity contribution in [2.45, 2.75) is 30.4 Å². The molecule has 112 valence electrons. The monoisotopic (exact) mass is 303 g/mol. The minimum absolute atomic E-state index is 0.171. The first-order valence-corrected chi connectivity index (χ1v) is 8.21. The molecule has 1 aliphatic heterocycles. The molecule has 3 rings (SSSR count). The molecule has 0 radical (unpaired) electrons. The summed E-state index contributed by atoms with van der Waals surface area (Å²) in [7, 11) is 4.00. The summed E-state index contributed by atoms with van der Waals surface area (Å²) in [6, 6.07) is 10.7. The minimum atomic E-state index is 0.171. The minimum Gasteiger partial charge on any atom is -0.487 e. The first-order valence-electron chi connectivity index (χ1n) is 7.22. The van der Waals surface area contributed by atoms with Crippen molar-refractivity contribution in [1.29, 1.82) is 0 Å². The molecule has 1 aliphatic rings. The molecule has 0 amide bonds. The first kappa shape index (κ1) is 14.5. The van der Waals surface area contributed by atoms with Gasteiger partial charge in [-0.2, -0.15) is 5.10 Å². The third-order valence-electron chi connectivity index (χ3n) is 3.88. The number of ether oxygens (including phenoxy) is 1. The van der Waals surface area contributed by atoms with Gasteiger partial charge >= 0.3 is 0 Å². The predicted octanol–water partition coefficient (Wildman–Crippen LogP) is 2.41. The van der Waals surface area contributed by atoms with E-state index in [9.17, 15) is 0 Å². The van der Waals surface area contributed by atoms with Crippen molar-refractivity contribution in [3.05, 3.63) is 41.7 Å². The molecule has 0 spiro atoms. The van der Waals surface area contributed by atoms with Crippen molar-refractivity contribution >= 4 is 11.8 Å². The molecule has 1 aromatic carbocycles. The standard InChI is InChI=1S/C16H21N3OS/c1-11-8-12(19(3)18-11)9-13(17-2)15-10-21-16-7-5-4-6-14(16)20-15/h4-8,13,15,17H,9-10H2,1-3H3. The van der Waals surface area contributed by atoms with E-state index >= 15 is 0 Å². The molecular formula is C16H21N3OS. The molecular weight excluding hydrogens is 282 g/mol. The number of hydrogen-bond acceptors (Lipinski definition) is 4. The third kappa shape index (κ3) is 3.09. The number of rotatable bonds is 4. The van der Waals surface area contributed by atoms with E-state index in [1.165, 1.54) is 10.6 Å². The highest BCUT2D eigenvalue weighted by Crippen LogP contribution is 2.36. The van der Waals surface area contributed by atoms with E-state index in [1.54, 1.807) is 0 Å². The van der Waals surface area contributed by atoms with Crippen LogP contribution in [0.5, 0.6) is 5.75 Å². The summed E-state index contributed by atoms with van der Waals surface area (Å²) in [4.78, 5) is 1.24. The van der Waals surface area contributed by atoms with Gasteiger partial charge in [0.2, 0.25) is 0 Å². The number of likely N-dealkylation sites (N-methyl/N-ethyl adjacent to an activating group) is 1. The van der Waals surface area contributed by atoms with Crippen LogP contribution >= 0.6 is 11.8 Å². The van der Waals surface area contributed by atoms with Crippen LogP contribution in [0.4, 0.5) is 0 Å². The lowest BCUT2D eigenvalue weighted by molar-refractivity contribution is 0.168. The Labute approximate surface area is 129 Å². The van der Waals surface area contributed by atoms with Crippen molar-refractivity contribution in [2.75, 3.05) is 12.8 Å². The zero-order valence-electron chi connectivity index (χ0n) is 12.7. The van der Waals surface area contributed by atoms with Gasteiger partial charge in [-0.05, 0) is 32.2 Å². The van der Waals surface area contributed by atoms with Crippen molar-refractivity contribution in [2.24, 2.45) is 7.05 Å². The lowest BCUT2D eigenvalue weighted by Gasteiger charge is -2.31. The van der Waals surface area contributed by atoms with Gasteiger partial charge in [-0.15, -0.1) is 11.8 Å². The second kappa shape index (κ2) is 6.12. The summed E-state index contributed by atoms with van der Waals surface area (Å²) in [5.74, 6) is 1.97. The maximum Gasteiger partial charge on any atom is 0.133 e. The fourth-order valence-corrected chi connectivity index (χ4v) is 3.81. The Morgan fingerprint density at radius 2 is 2.29 bits per heavy atom. The van der Waals surface area contributed by atoms with Crippen LogP contribution in [0.2, 0.25) is 0 Å². The van der Waals surface area contributed by atoms with E-state index in [1.807, 2.05) is 43.5 Å². The molecule has 4 nitrogen and oxygen atoms in total. The number of para-hydroxylation sites is 1. The van der Waals surface area contributed by atoms with E-state index in [0.717, 1.165) is 23.6 Å². The first-order chi connectivity index (χ1) is 10.2. The van der Waals surface area contributed by atoms with Gasteiger partial charge in [0.1, 0.15) is 11.9 Å². The van der Waals surface area contributed by atoms with Crippen molar-refractivity contribution in [1.82, 2.24) is 15.1 Å². The molecule has 0 saturated carbocycles. The average Bonchev–Trinajstić information content (AvgIpc) is 2.82. The van der Waals surface area contributed by atoms with Crippen LogP contribution in [0.3, 0.4) is 0 Å². The number of nitrogens with one attached hydrogen (secondary N) is 1. The Bertz CT molecular complexity index is 626. The third-order valence-corrected chi connectivity index (χ3v) is 5.02. The SMILES string of the molecule is CNC(Cc1cc(C)nn1C)C1CSc2ccccc2O1. The van der Waals surface area contributed by atoms with Gasteiger partial charge < -0.3 is 10.1 Å². The summed E-state index contributed by atoms with van der Waals surface area (Å²) in [6.07, 6.45) is 1.09. The molecule has 1 N–H and O–H groups in total. The number of aryl methyl sites for hydroxylation is 2. The zero-order chi connectivity index (χ0) is 14.8. The largest absolute Gasteiger partial charge is 0.487 e. The Morgan fingerprint density at radius 3 is 3.00 bits per heavy atom. The number of aromatic nitrogens is 2. The lowest BCUT2D eigenvalue weighted by Crippen LogP contribution is -2.45. The second-order valence-corrected chi connectivity index (χ2v) is 6.48. The molecule has 2 aromatic rings. The van der Waals surface area contributed by atoms with E-state index in [0.29, 0.717) is 0 Å². The molecule has 2 atom stereocenters. The molecule has 0 saturated heterocycles. The molecule has 0 aliphatic carbocycles. The predicted molar refractivity (Wildman–Crippen MR) is 86.1 cm³/mol. The Hall–Kier alpha value is -1.46. The molecule has 0 fully saturated rings.